The maximum Gasteiger partial charge on any atom is 0.255 e. The van der Waals surface area contributed by atoms with Crippen molar-refractivity contribution in [2.24, 2.45) is 0 Å². The minimum Gasteiger partial charge on any atom is -0.475 e. The van der Waals surface area contributed by atoms with Crippen molar-refractivity contribution >= 4 is 5.82 Å². The van der Waals surface area contributed by atoms with Gasteiger partial charge in [0.05, 0.1) is 6.61 Å². The molecule has 0 spiro atoms. The molecule has 0 unspecified atom stereocenters. The summed E-state index contributed by atoms with van der Waals surface area (Å²) in [6.07, 6.45) is 4.38. The summed E-state index contributed by atoms with van der Waals surface area (Å²) >= 11 is 0. The van der Waals surface area contributed by atoms with E-state index in [1.165, 1.54) is 6.33 Å². The Balaban J connectivity index is 2.18. The predicted molar refractivity (Wildman–Crippen MR) is 59.2 cm³/mol. The van der Waals surface area contributed by atoms with Crippen LogP contribution in [-0.4, -0.2) is 29.7 Å². The molecule has 4 nitrogen and oxygen atoms in total. The number of anilines is 1. The number of ether oxygens (including phenoxy) is 1. The molecule has 1 aliphatic heterocycles. The molecule has 0 saturated carbocycles. The van der Waals surface area contributed by atoms with Gasteiger partial charge in [0.15, 0.2) is 5.82 Å². The molecule has 2 rings (SSSR count). The zero-order chi connectivity index (χ0) is 11.4. The van der Waals surface area contributed by atoms with Crippen molar-refractivity contribution in [3.63, 3.8) is 0 Å². The zero-order valence-corrected chi connectivity index (χ0v) is 9.45. The fraction of sp³-hybridized carbons (Fsp3) is 0.636. The largest absolute Gasteiger partial charge is 0.475 e. The molecule has 0 N–H and O–H groups in total. The second kappa shape index (κ2) is 5.09. The van der Waals surface area contributed by atoms with Crippen LogP contribution < -0.4 is 9.64 Å². The molecular formula is C11H16FN3O. The number of hydrogen-bond acceptors (Lipinski definition) is 4. The molecular weight excluding hydrogens is 209 g/mol. The maximum absolute atomic E-state index is 14.0. The van der Waals surface area contributed by atoms with Gasteiger partial charge in [-0.2, -0.15) is 9.37 Å². The molecule has 16 heavy (non-hydrogen) atoms. The van der Waals surface area contributed by atoms with Crippen LogP contribution in [0.4, 0.5) is 10.2 Å². The molecule has 1 aromatic heterocycles. The van der Waals surface area contributed by atoms with Crippen LogP contribution in [0.1, 0.15) is 26.2 Å². The summed E-state index contributed by atoms with van der Waals surface area (Å²) in [6.45, 7) is 4.18. The van der Waals surface area contributed by atoms with E-state index in [4.69, 9.17) is 4.74 Å². The average molecular weight is 225 g/mol. The van der Waals surface area contributed by atoms with Crippen molar-refractivity contribution in [2.75, 3.05) is 24.6 Å². The molecule has 88 valence electrons. The molecule has 1 aromatic rings. The molecule has 1 fully saturated rings. The molecule has 1 saturated heterocycles. The first-order chi connectivity index (χ1) is 7.83. The van der Waals surface area contributed by atoms with E-state index in [0.29, 0.717) is 12.4 Å². The van der Waals surface area contributed by atoms with Crippen LogP contribution in [0.3, 0.4) is 0 Å². The average Bonchev–Trinajstić information content (AvgIpc) is 2.81. The highest BCUT2D eigenvalue weighted by Gasteiger charge is 2.20. The van der Waals surface area contributed by atoms with Gasteiger partial charge in [0.1, 0.15) is 6.33 Å². The molecule has 0 radical (unpaired) electrons. The van der Waals surface area contributed by atoms with Gasteiger partial charge in [0.2, 0.25) is 5.82 Å². The smallest absolute Gasteiger partial charge is 0.255 e. The van der Waals surface area contributed by atoms with Crippen LogP contribution >= 0.6 is 0 Å². The number of hydrogen-bond donors (Lipinski definition) is 0. The van der Waals surface area contributed by atoms with E-state index in [1.54, 1.807) is 0 Å². The zero-order valence-electron chi connectivity index (χ0n) is 9.45. The summed E-state index contributed by atoms with van der Waals surface area (Å²) in [5.41, 5.74) is 0. The molecule has 0 amide bonds. The Morgan fingerprint density at radius 1 is 1.38 bits per heavy atom. The van der Waals surface area contributed by atoms with Crippen LogP contribution in [0, 0.1) is 5.82 Å². The van der Waals surface area contributed by atoms with E-state index in [9.17, 15) is 4.39 Å². The fourth-order valence-electron chi connectivity index (χ4n) is 1.79. The number of nitrogens with zero attached hydrogens (tertiary/aromatic N) is 3. The van der Waals surface area contributed by atoms with Crippen molar-refractivity contribution in [2.45, 2.75) is 26.2 Å². The van der Waals surface area contributed by atoms with E-state index >= 15 is 0 Å². The lowest BCUT2D eigenvalue weighted by atomic mass is 10.4. The van der Waals surface area contributed by atoms with Crippen molar-refractivity contribution in [3.8, 4) is 5.88 Å². The van der Waals surface area contributed by atoms with Crippen LogP contribution in [0.2, 0.25) is 0 Å². The van der Waals surface area contributed by atoms with Gasteiger partial charge in [-0.15, -0.1) is 0 Å². The topological polar surface area (TPSA) is 38.3 Å². The Kier molecular flexibility index (Phi) is 3.54. The van der Waals surface area contributed by atoms with Crippen molar-refractivity contribution < 1.29 is 9.13 Å². The third-order valence-corrected chi connectivity index (χ3v) is 2.59. The normalized spacial score (nSPS) is 15.5. The summed E-state index contributed by atoms with van der Waals surface area (Å²) in [7, 11) is 0. The highest BCUT2D eigenvalue weighted by atomic mass is 19.1. The minimum absolute atomic E-state index is 0.0683. The quantitative estimate of drug-likeness (QED) is 0.785. The summed E-state index contributed by atoms with van der Waals surface area (Å²) in [4.78, 5) is 9.74. The van der Waals surface area contributed by atoms with E-state index < -0.39 is 5.82 Å². The molecule has 0 bridgehead atoms. The second-order valence-electron chi connectivity index (χ2n) is 3.86. The van der Waals surface area contributed by atoms with Crippen LogP contribution in [0.5, 0.6) is 5.88 Å². The minimum atomic E-state index is -0.433. The van der Waals surface area contributed by atoms with Gasteiger partial charge in [-0.3, -0.25) is 0 Å². The Morgan fingerprint density at radius 2 is 2.12 bits per heavy atom. The van der Waals surface area contributed by atoms with Gasteiger partial charge in [0, 0.05) is 13.1 Å². The molecule has 2 heterocycles. The van der Waals surface area contributed by atoms with Gasteiger partial charge in [-0.05, 0) is 19.3 Å². The Morgan fingerprint density at radius 3 is 2.81 bits per heavy atom. The second-order valence-corrected chi connectivity index (χ2v) is 3.86. The first kappa shape index (κ1) is 11.1. The highest BCUT2D eigenvalue weighted by Crippen LogP contribution is 2.25. The number of halogens is 1. The van der Waals surface area contributed by atoms with Gasteiger partial charge in [-0.1, -0.05) is 6.92 Å². The van der Waals surface area contributed by atoms with E-state index in [0.717, 1.165) is 32.4 Å². The van der Waals surface area contributed by atoms with E-state index in [2.05, 4.69) is 9.97 Å². The molecule has 0 atom stereocenters. The third kappa shape index (κ3) is 2.23. The summed E-state index contributed by atoms with van der Waals surface area (Å²) in [6, 6.07) is 0. The Hall–Kier alpha value is -1.39. The number of rotatable bonds is 4. The first-order valence-electron chi connectivity index (χ1n) is 5.71. The molecule has 0 aliphatic carbocycles. The van der Waals surface area contributed by atoms with Gasteiger partial charge in [0.25, 0.3) is 5.88 Å². The predicted octanol–water partition coefficient (Wildman–Crippen LogP) is 2.00. The standard InChI is InChI=1S/C11H16FN3O/c1-2-7-16-11-9(12)10(13-8-14-11)15-5-3-4-6-15/h8H,2-7H2,1H3. The maximum atomic E-state index is 14.0. The molecule has 0 aromatic carbocycles. The van der Waals surface area contributed by atoms with Crippen LogP contribution in [0.25, 0.3) is 0 Å². The lowest BCUT2D eigenvalue weighted by Crippen LogP contribution is -2.21. The van der Waals surface area contributed by atoms with Gasteiger partial charge >= 0.3 is 0 Å². The van der Waals surface area contributed by atoms with E-state index in [-0.39, 0.29) is 5.88 Å². The highest BCUT2D eigenvalue weighted by molar-refractivity contribution is 5.43. The lowest BCUT2D eigenvalue weighted by Gasteiger charge is -2.17. The summed E-state index contributed by atoms with van der Waals surface area (Å²) < 4.78 is 19.2. The van der Waals surface area contributed by atoms with Crippen LogP contribution in [-0.2, 0) is 0 Å². The lowest BCUT2D eigenvalue weighted by molar-refractivity contribution is 0.287. The number of aromatic nitrogens is 2. The van der Waals surface area contributed by atoms with Crippen LogP contribution in [0.15, 0.2) is 6.33 Å². The van der Waals surface area contributed by atoms with Crippen molar-refractivity contribution in [1.82, 2.24) is 9.97 Å². The Bertz CT molecular complexity index is 353. The Labute approximate surface area is 94.5 Å². The van der Waals surface area contributed by atoms with Crippen molar-refractivity contribution in [3.05, 3.63) is 12.1 Å². The van der Waals surface area contributed by atoms with Gasteiger partial charge in [-0.25, -0.2) is 4.98 Å². The van der Waals surface area contributed by atoms with Crippen molar-refractivity contribution in [1.29, 1.82) is 0 Å². The first-order valence-corrected chi connectivity index (χ1v) is 5.71. The summed E-state index contributed by atoms with van der Waals surface area (Å²) in [5.74, 6) is 0.00945. The third-order valence-electron chi connectivity index (χ3n) is 2.59. The fourth-order valence-corrected chi connectivity index (χ4v) is 1.79. The SMILES string of the molecule is CCCOc1ncnc(N2CCCC2)c1F. The molecule has 5 heteroatoms. The summed E-state index contributed by atoms with van der Waals surface area (Å²) in [5, 5.41) is 0. The van der Waals surface area contributed by atoms with Gasteiger partial charge < -0.3 is 9.64 Å². The monoisotopic (exact) mass is 225 g/mol. The molecule has 1 aliphatic rings. The van der Waals surface area contributed by atoms with E-state index in [1.807, 2.05) is 11.8 Å².